The smallest absolute Gasteiger partial charge is 0.409 e. The van der Waals surface area contributed by atoms with Crippen molar-refractivity contribution in [2.24, 2.45) is 4.99 Å². The zero-order valence-corrected chi connectivity index (χ0v) is 17.5. The number of benzene rings is 1. The van der Waals surface area contributed by atoms with Crippen LogP contribution >= 0.6 is 0 Å². The van der Waals surface area contributed by atoms with Gasteiger partial charge in [0.05, 0.1) is 19.3 Å². The number of nitrogens with zero attached hydrogens (tertiary/aromatic N) is 1. The summed E-state index contributed by atoms with van der Waals surface area (Å²) < 4.78 is 16.7. The Bertz CT molecular complexity index is 703. The molecule has 0 saturated carbocycles. The van der Waals surface area contributed by atoms with E-state index in [4.69, 9.17) is 14.0 Å². The number of rotatable bonds is 11. The highest BCUT2D eigenvalue weighted by molar-refractivity contribution is 6.74. The minimum Gasteiger partial charge on any atom is -0.555 e. The molecule has 5 atom stereocenters. The molecule has 0 amide bonds. The van der Waals surface area contributed by atoms with E-state index in [0.29, 0.717) is 5.46 Å². The van der Waals surface area contributed by atoms with Gasteiger partial charge in [-0.15, -0.1) is 5.46 Å². The predicted octanol–water partition coefficient (Wildman–Crippen LogP) is 0.460. The van der Waals surface area contributed by atoms with E-state index in [2.05, 4.69) is 11.9 Å². The summed E-state index contributed by atoms with van der Waals surface area (Å²) in [6.07, 6.45) is 5.87. The quantitative estimate of drug-likeness (QED) is 0.232. The highest BCUT2D eigenvalue weighted by Crippen LogP contribution is 2.42. The van der Waals surface area contributed by atoms with Crippen LogP contribution in [-0.2, 0) is 14.0 Å². The summed E-state index contributed by atoms with van der Waals surface area (Å²) in [4.78, 5) is 4.45. The lowest BCUT2D eigenvalue weighted by molar-refractivity contribution is -0.205. The van der Waals surface area contributed by atoms with Gasteiger partial charge in [0, 0.05) is 12.8 Å². The Morgan fingerprint density at radius 2 is 1.80 bits per heavy atom. The van der Waals surface area contributed by atoms with Crippen LogP contribution in [0.3, 0.4) is 0 Å². The Hall–Kier alpha value is -1.33. The zero-order valence-electron chi connectivity index (χ0n) is 17.5. The molecule has 3 rings (SSSR count). The lowest BCUT2D eigenvalue weighted by Gasteiger charge is -2.34. The van der Waals surface area contributed by atoms with E-state index in [1.54, 1.807) is 30.5 Å². The van der Waals surface area contributed by atoms with E-state index in [-0.39, 0.29) is 0 Å². The average Bonchev–Trinajstić information content (AvgIpc) is 3.20. The first kappa shape index (κ1) is 23.3. The molecule has 2 aliphatic heterocycles. The van der Waals surface area contributed by atoms with E-state index in [0.717, 1.165) is 18.5 Å². The number of fused-ring (bicyclic) bond motifs is 1. The van der Waals surface area contributed by atoms with Crippen LogP contribution in [-0.4, -0.2) is 77.2 Å². The van der Waals surface area contributed by atoms with Crippen molar-refractivity contribution in [1.29, 1.82) is 0 Å². The average molecular weight is 422 g/mol. The van der Waals surface area contributed by atoms with E-state index >= 15 is 0 Å². The van der Waals surface area contributed by atoms with Gasteiger partial charge in [0.15, 0.2) is 5.79 Å². The summed E-state index contributed by atoms with van der Waals surface area (Å²) in [5.41, 5.74) is 1.25. The van der Waals surface area contributed by atoms with Gasteiger partial charge in [-0.3, -0.25) is 4.99 Å². The Kier molecular flexibility index (Phi) is 8.03. The number of ether oxygens (including phenoxy) is 1. The van der Waals surface area contributed by atoms with Gasteiger partial charge < -0.3 is 34.4 Å². The highest BCUT2D eigenvalue weighted by Gasteiger charge is 2.62. The number of hydrogen-bond donors (Lipinski definition) is 4. The van der Waals surface area contributed by atoms with Crippen LogP contribution < -0.4 is 5.46 Å². The molecule has 8 nitrogen and oxygen atoms in total. The fraction of sp³-hybridized carbons (Fsp3) is 0.667. The third-order valence-electron chi connectivity index (χ3n) is 5.80. The van der Waals surface area contributed by atoms with Gasteiger partial charge in [-0.2, -0.15) is 0 Å². The molecule has 0 radical (unpaired) electrons. The van der Waals surface area contributed by atoms with Gasteiger partial charge in [0.2, 0.25) is 0 Å². The van der Waals surface area contributed by atoms with Crippen molar-refractivity contribution in [3.05, 3.63) is 29.8 Å². The van der Waals surface area contributed by atoms with Crippen LogP contribution in [0, 0.1) is 0 Å². The zero-order chi connectivity index (χ0) is 21.6. The minimum atomic E-state index is -2.95. The molecular weight excluding hydrogens is 389 g/mol. The molecule has 0 aliphatic carbocycles. The highest BCUT2D eigenvalue weighted by atomic mass is 16.8. The lowest BCUT2D eigenvalue weighted by atomic mass is 9.70. The molecule has 168 valence electrons. The summed E-state index contributed by atoms with van der Waals surface area (Å²) in [6, 6.07) is 6.91. The van der Waals surface area contributed by atoms with Crippen LogP contribution in [0.1, 0.15) is 51.0 Å². The maximum absolute atomic E-state index is 10.9. The molecule has 2 saturated heterocycles. The number of hydrogen-bond acceptors (Lipinski definition) is 8. The fourth-order valence-corrected chi connectivity index (χ4v) is 4.06. The minimum absolute atomic E-state index is 0.363. The summed E-state index contributed by atoms with van der Waals surface area (Å²) in [5, 5.41) is 40.2. The van der Waals surface area contributed by atoms with Crippen molar-refractivity contribution < 1.29 is 34.4 Å². The van der Waals surface area contributed by atoms with Crippen molar-refractivity contribution in [3.8, 4) is 0 Å². The van der Waals surface area contributed by atoms with Gasteiger partial charge in [0.1, 0.15) is 12.2 Å². The summed E-state index contributed by atoms with van der Waals surface area (Å²) in [5.74, 6) is -1.71. The second-order valence-electron chi connectivity index (χ2n) is 8.12. The first-order chi connectivity index (χ1) is 14.5. The molecule has 1 aromatic carbocycles. The van der Waals surface area contributed by atoms with Gasteiger partial charge >= 0.3 is 6.75 Å². The maximum atomic E-state index is 10.9. The molecular formula is C21H33BNO7-. The Balaban J connectivity index is 1.56. The van der Waals surface area contributed by atoms with Crippen LogP contribution in [0.15, 0.2) is 29.3 Å². The largest absolute Gasteiger partial charge is 0.555 e. The van der Waals surface area contributed by atoms with Crippen LogP contribution in [0.25, 0.3) is 0 Å². The molecule has 4 N–H and O–H groups in total. The molecule has 1 unspecified atom stereocenters. The van der Waals surface area contributed by atoms with Crippen molar-refractivity contribution in [2.45, 2.75) is 69.5 Å². The summed E-state index contributed by atoms with van der Waals surface area (Å²) in [6.45, 7) is -1.03. The SMILES string of the molecule is CCCCCCCCN=Cc1ccc([B-]2(O)O[C@H]3[C@H](O)[C@@H](CO)O[C@@]3(CO)O2)cc1. The van der Waals surface area contributed by atoms with Crippen molar-refractivity contribution >= 4 is 18.4 Å². The second kappa shape index (κ2) is 10.3. The monoisotopic (exact) mass is 422 g/mol. The number of unbranched alkanes of at least 4 members (excludes halogenated alkanes) is 5. The third-order valence-corrected chi connectivity index (χ3v) is 5.80. The molecule has 1 aromatic rings. The standard InChI is InChI=1S/C21H33BNO7/c1-2-3-4-5-6-7-12-23-13-16-8-10-17(11-9-16)22(27)29-20-19(26)18(14-24)28-21(20,15-25)30-22/h8-11,13,18-20,24-27H,2-7,12,14-15H2,1H3/q-1/t18-,19-,20+,21+,22?/m1/s1. The van der Waals surface area contributed by atoms with E-state index in [1.807, 2.05) is 0 Å². The first-order valence-corrected chi connectivity index (χ1v) is 10.9. The predicted molar refractivity (Wildman–Crippen MR) is 114 cm³/mol. The molecule has 30 heavy (non-hydrogen) atoms. The first-order valence-electron chi connectivity index (χ1n) is 10.9. The molecule has 2 heterocycles. The second-order valence-corrected chi connectivity index (χ2v) is 8.12. The molecule has 0 bridgehead atoms. The molecule has 9 heteroatoms. The molecule has 2 fully saturated rings. The molecule has 2 aliphatic rings. The fourth-order valence-electron chi connectivity index (χ4n) is 4.06. The third kappa shape index (κ3) is 4.94. The van der Waals surface area contributed by atoms with Crippen molar-refractivity contribution in [2.75, 3.05) is 19.8 Å². The van der Waals surface area contributed by atoms with Crippen LogP contribution in [0.4, 0.5) is 0 Å². The van der Waals surface area contributed by atoms with E-state index in [1.165, 1.54) is 32.1 Å². The van der Waals surface area contributed by atoms with E-state index < -0.39 is 44.1 Å². The van der Waals surface area contributed by atoms with Crippen LogP contribution in [0.2, 0.25) is 0 Å². The lowest BCUT2D eigenvalue weighted by Crippen LogP contribution is -2.54. The summed E-state index contributed by atoms with van der Waals surface area (Å²) >= 11 is 0. The Labute approximate surface area is 177 Å². The van der Waals surface area contributed by atoms with Gasteiger partial charge in [-0.1, -0.05) is 63.3 Å². The normalized spacial score (nSPS) is 33.4. The number of aliphatic hydroxyl groups excluding tert-OH is 3. The number of aliphatic imine (C=N–C) groups is 1. The van der Waals surface area contributed by atoms with Crippen molar-refractivity contribution in [3.63, 3.8) is 0 Å². The van der Waals surface area contributed by atoms with Gasteiger partial charge in [0.25, 0.3) is 0 Å². The van der Waals surface area contributed by atoms with Crippen molar-refractivity contribution in [1.82, 2.24) is 0 Å². The molecule has 0 spiro atoms. The topological polar surface area (TPSA) is 121 Å². The Morgan fingerprint density at radius 3 is 2.43 bits per heavy atom. The van der Waals surface area contributed by atoms with Gasteiger partial charge in [-0.25, -0.2) is 0 Å². The Morgan fingerprint density at radius 1 is 1.10 bits per heavy atom. The number of aliphatic hydroxyl groups is 3. The maximum Gasteiger partial charge on any atom is 0.409 e. The van der Waals surface area contributed by atoms with Crippen LogP contribution in [0.5, 0.6) is 0 Å². The molecule has 0 aromatic heterocycles. The van der Waals surface area contributed by atoms with E-state index in [9.17, 15) is 20.3 Å². The van der Waals surface area contributed by atoms with Gasteiger partial charge in [-0.05, 0) is 12.0 Å². The summed E-state index contributed by atoms with van der Waals surface area (Å²) in [7, 11) is 0.